The van der Waals surface area contributed by atoms with Crippen LogP contribution in [0.3, 0.4) is 0 Å². The molecule has 0 bridgehead atoms. The molecule has 0 aliphatic carbocycles. The Kier molecular flexibility index (Phi) is 6.28. The van der Waals surface area contributed by atoms with Gasteiger partial charge in [-0.3, -0.25) is 4.79 Å². The van der Waals surface area contributed by atoms with E-state index in [-0.39, 0.29) is 18.0 Å². The highest BCUT2D eigenvalue weighted by molar-refractivity contribution is 5.75. The lowest BCUT2D eigenvalue weighted by Crippen LogP contribution is -2.28. The Hall–Kier alpha value is -1.49. The van der Waals surface area contributed by atoms with E-state index >= 15 is 0 Å². The first-order valence-corrected chi connectivity index (χ1v) is 6.05. The number of benzene rings is 1. The molecule has 1 rings (SSSR count). The summed E-state index contributed by atoms with van der Waals surface area (Å²) in [6.45, 7) is 3.10. The molecule has 1 amide bonds. The summed E-state index contributed by atoms with van der Waals surface area (Å²) in [5.74, 6) is -1.20. The van der Waals surface area contributed by atoms with Gasteiger partial charge in [0.15, 0.2) is 0 Å². The standard InChI is InChI=1S/C13H18F2N2O/c1-2-7-17-13(18)6-8-16-9-10-11(14)4-3-5-12(10)15/h3-5,16H,2,6-9H2,1H3,(H,17,18). The minimum absolute atomic E-state index is 0.00599. The van der Waals surface area contributed by atoms with Crippen LogP contribution in [-0.4, -0.2) is 19.0 Å². The predicted molar refractivity (Wildman–Crippen MR) is 66.0 cm³/mol. The van der Waals surface area contributed by atoms with Gasteiger partial charge < -0.3 is 10.6 Å². The molecular formula is C13H18F2N2O. The molecule has 0 aliphatic rings. The highest BCUT2D eigenvalue weighted by Gasteiger charge is 2.07. The van der Waals surface area contributed by atoms with Crippen LogP contribution >= 0.6 is 0 Å². The molecule has 1 aromatic rings. The van der Waals surface area contributed by atoms with E-state index in [0.29, 0.717) is 19.5 Å². The van der Waals surface area contributed by atoms with E-state index < -0.39 is 11.6 Å². The summed E-state index contributed by atoms with van der Waals surface area (Å²) in [6.07, 6.45) is 1.19. The van der Waals surface area contributed by atoms with E-state index in [1.54, 1.807) is 0 Å². The first-order chi connectivity index (χ1) is 8.65. The zero-order valence-electron chi connectivity index (χ0n) is 10.4. The van der Waals surface area contributed by atoms with E-state index in [0.717, 1.165) is 6.42 Å². The SMILES string of the molecule is CCCNC(=O)CCNCc1c(F)cccc1F. The van der Waals surface area contributed by atoms with Gasteiger partial charge in [-0.2, -0.15) is 0 Å². The lowest BCUT2D eigenvalue weighted by molar-refractivity contribution is -0.120. The number of nitrogens with one attached hydrogen (secondary N) is 2. The van der Waals surface area contributed by atoms with Gasteiger partial charge in [0, 0.05) is 31.6 Å². The Labute approximate surface area is 106 Å². The Morgan fingerprint density at radius 2 is 1.89 bits per heavy atom. The van der Waals surface area contributed by atoms with Gasteiger partial charge in [-0.25, -0.2) is 8.78 Å². The highest BCUT2D eigenvalue weighted by Crippen LogP contribution is 2.11. The minimum Gasteiger partial charge on any atom is -0.356 e. The molecule has 0 saturated heterocycles. The van der Waals surface area contributed by atoms with Gasteiger partial charge in [0.2, 0.25) is 5.91 Å². The molecule has 100 valence electrons. The van der Waals surface area contributed by atoms with Crippen molar-refractivity contribution in [2.24, 2.45) is 0 Å². The third kappa shape index (κ3) is 4.79. The van der Waals surface area contributed by atoms with Crippen LogP contribution in [0.15, 0.2) is 18.2 Å². The fourth-order valence-electron chi connectivity index (χ4n) is 1.47. The highest BCUT2D eigenvalue weighted by atomic mass is 19.1. The van der Waals surface area contributed by atoms with E-state index in [1.807, 2.05) is 6.92 Å². The minimum atomic E-state index is -0.571. The maximum absolute atomic E-state index is 13.2. The van der Waals surface area contributed by atoms with Crippen molar-refractivity contribution < 1.29 is 13.6 Å². The molecular weight excluding hydrogens is 238 g/mol. The molecule has 0 aliphatic heterocycles. The summed E-state index contributed by atoms with van der Waals surface area (Å²) in [5.41, 5.74) is 0.00599. The average molecular weight is 256 g/mol. The molecule has 0 spiro atoms. The van der Waals surface area contributed by atoms with Crippen molar-refractivity contribution >= 4 is 5.91 Å². The molecule has 1 aromatic carbocycles. The lowest BCUT2D eigenvalue weighted by Gasteiger charge is -2.07. The topological polar surface area (TPSA) is 41.1 Å². The number of hydrogen-bond donors (Lipinski definition) is 2. The van der Waals surface area contributed by atoms with E-state index in [1.165, 1.54) is 18.2 Å². The van der Waals surface area contributed by atoms with Crippen LogP contribution in [0.1, 0.15) is 25.3 Å². The van der Waals surface area contributed by atoms with Gasteiger partial charge in [-0.15, -0.1) is 0 Å². The molecule has 0 radical (unpaired) electrons. The molecule has 0 aromatic heterocycles. The Bertz CT molecular complexity index is 376. The molecule has 18 heavy (non-hydrogen) atoms. The number of hydrogen-bond acceptors (Lipinski definition) is 2. The van der Waals surface area contributed by atoms with Gasteiger partial charge in [-0.05, 0) is 18.6 Å². The molecule has 0 saturated carbocycles. The Morgan fingerprint density at radius 1 is 1.22 bits per heavy atom. The maximum atomic E-state index is 13.2. The summed E-state index contributed by atoms with van der Waals surface area (Å²) in [5, 5.41) is 5.58. The Morgan fingerprint density at radius 3 is 2.50 bits per heavy atom. The van der Waals surface area contributed by atoms with Crippen LogP contribution in [0, 0.1) is 11.6 Å². The smallest absolute Gasteiger partial charge is 0.221 e. The van der Waals surface area contributed by atoms with E-state index in [9.17, 15) is 13.6 Å². The van der Waals surface area contributed by atoms with Gasteiger partial charge in [-0.1, -0.05) is 13.0 Å². The average Bonchev–Trinajstić information content (AvgIpc) is 2.35. The number of rotatable bonds is 7. The van der Waals surface area contributed by atoms with Crippen LogP contribution in [0.5, 0.6) is 0 Å². The quantitative estimate of drug-likeness (QED) is 0.732. The van der Waals surface area contributed by atoms with E-state index in [4.69, 9.17) is 0 Å². The molecule has 3 nitrogen and oxygen atoms in total. The summed E-state index contributed by atoms with van der Waals surface area (Å²) in [7, 11) is 0. The first kappa shape index (κ1) is 14.6. The van der Waals surface area contributed by atoms with Crippen molar-refractivity contribution in [2.45, 2.75) is 26.3 Å². The monoisotopic (exact) mass is 256 g/mol. The molecule has 0 unspecified atom stereocenters. The van der Waals surface area contributed by atoms with Crippen molar-refractivity contribution in [3.63, 3.8) is 0 Å². The van der Waals surface area contributed by atoms with Crippen LogP contribution in [0.2, 0.25) is 0 Å². The van der Waals surface area contributed by atoms with Gasteiger partial charge >= 0.3 is 0 Å². The predicted octanol–water partition coefficient (Wildman–Crippen LogP) is 1.97. The normalized spacial score (nSPS) is 10.4. The first-order valence-electron chi connectivity index (χ1n) is 6.05. The third-order valence-electron chi connectivity index (χ3n) is 2.46. The van der Waals surface area contributed by atoms with Crippen molar-refractivity contribution in [3.05, 3.63) is 35.4 Å². The van der Waals surface area contributed by atoms with E-state index in [2.05, 4.69) is 10.6 Å². The third-order valence-corrected chi connectivity index (χ3v) is 2.46. The molecule has 0 atom stereocenters. The fraction of sp³-hybridized carbons (Fsp3) is 0.462. The summed E-state index contributed by atoms with van der Waals surface area (Å²) < 4.78 is 26.5. The van der Waals surface area contributed by atoms with Crippen molar-refractivity contribution in [1.82, 2.24) is 10.6 Å². The fourth-order valence-corrected chi connectivity index (χ4v) is 1.47. The number of carbonyl (C=O) groups excluding carboxylic acids is 1. The summed E-state index contributed by atoms with van der Waals surface area (Å²) in [4.78, 5) is 11.2. The number of amides is 1. The van der Waals surface area contributed by atoms with Gasteiger partial charge in [0.05, 0.1) is 0 Å². The Balaban J connectivity index is 2.28. The molecule has 5 heteroatoms. The van der Waals surface area contributed by atoms with Crippen LogP contribution in [0.25, 0.3) is 0 Å². The second-order valence-corrected chi connectivity index (χ2v) is 3.98. The van der Waals surface area contributed by atoms with Crippen molar-refractivity contribution in [3.8, 4) is 0 Å². The van der Waals surface area contributed by atoms with Crippen LogP contribution < -0.4 is 10.6 Å². The molecule has 0 fully saturated rings. The summed E-state index contributed by atoms with van der Waals surface area (Å²) >= 11 is 0. The van der Waals surface area contributed by atoms with Gasteiger partial charge in [0.1, 0.15) is 11.6 Å². The van der Waals surface area contributed by atoms with Crippen LogP contribution in [0.4, 0.5) is 8.78 Å². The maximum Gasteiger partial charge on any atom is 0.221 e. The molecule has 0 heterocycles. The largest absolute Gasteiger partial charge is 0.356 e. The van der Waals surface area contributed by atoms with Crippen LogP contribution in [-0.2, 0) is 11.3 Å². The van der Waals surface area contributed by atoms with Crippen molar-refractivity contribution in [1.29, 1.82) is 0 Å². The number of halogens is 2. The second-order valence-electron chi connectivity index (χ2n) is 3.98. The lowest BCUT2D eigenvalue weighted by atomic mass is 10.2. The van der Waals surface area contributed by atoms with Gasteiger partial charge in [0.25, 0.3) is 0 Å². The zero-order valence-corrected chi connectivity index (χ0v) is 10.4. The zero-order chi connectivity index (χ0) is 13.4. The number of carbonyl (C=O) groups is 1. The van der Waals surface area contributed by atoms with Crippen molar-refractivity contribution in [2.75, 3.05) is 13.1 Å². The summed E-state index contributed by atoms with van der Waals surface area (Å²) in [6, 6.07) is 3.76. The second kappa shape index (κ2) is 7.76. The molecule has 2 N–H and O–H groups in total.